The SMILES string of the molecule is NC(=O)c1sc2ccccc2c1C1CN(S(=O)(=O)c2ccc3ccccc3c2)CCO1. The number of ether oxygens (including phenoxy) is 1. The maximum absolute atomic E-state index is 13.4. The fraction of sp³-hybridized carbons (Fsp3) is 0.174. The molecule has 0 aliphatic carbocycles. The minimum atomic E-state index is -3.72. The molecule has 0 bridgehead atoms. The van der Waals surface area contributed by atoms with Crippen LogP contribution in [0.3, 0.4) is 0 Å². The van der Waals surface area contributed by atoms with E-state index in [1.807, 2.05) is 54.6 Å². The van der Waals surface area contributed by atoms with Gasteiger partial charge < -0.3 is 10.5 Å². The average Bonchev–Trinajstić information content (AvgIpc) is 3.19. The van der Waals surface area contributed by atoms with Gasteiger partial charge in [-0.15, -0.1) is 11.3 Å². The van der Waals surface area contributed by atoms with Gasteiger partial charge in [0.25, 0.3) is 5.91 Å². The summed E-state index contributed by atoms with van der Waals surface area (Å²) in [6.45, 7) is 0.607. The zero-order valence-electron chi connectivity index (χ0n) is 16.5. The first-order valence-corrected chi connectivity index (χ1v) is 12.1. The van der Waals surface area contributed by atoms with Gasteiger partial charge in [0.15, 0.2) is 0 Å². The molecule has 1 amide bonds. The van der Waals surface area contributed by atoms with Crippen LogP contribution < -0.4 is 5.73 Å². The predicted molar refractivity (Wildman–Crippen MR) is 122 cm³/mol. The lowest BCUT2D eigenvalue weighted by atomic mass is 10.0. The molecule has 1 aliphatic heterocycles. The van der Waals surface area contributed by atoms with Gasteiger partial charge in [0.2, 0.25) is 10.0 Å². The number of primary amides is 1. The Kier molecular flexibility index (Phi) is 5.02. The van der Waals surface area contributed by atoms with Crippen molar-refractivity contribution in [2.75, 3.05) is 19.7 Å². The molecular weight excluding hydrogens is 432 g/mol. The Morgan fingerprint density at radius 2 is 1.77 bits per heavy atom. The van der Waals surface area contributed by atoms with Crippen LogP contribution in [0.1, 0.15) is 21.3 Å². The average molecular weight is 453 g/mol. The predicted octanol–water partition coefficient (Wildman–Crippen LogP) is 3.92. The highest BCUT2D eigenvalue weighted by atomic mass is 32.2. The Labute approximate surface area is 183 Å². The van der Waals surface area contributed by atoms with Crippen molar-refractivity contribution in [3.05, 3.63) is 77.2 Å². The van der Waals surface area contributed by atoms with Crippen LogP contribution in [0.15, 0.2) is 71.6 Å². The van der Waals surface area contributed by atoms with E-state index in [0.29, 0.717) is 10.4 Å². The molecule has 2 N–H and O–H groups in total. The van der Waals surface area contributed by atoms with Crippen molar-refractivity contribution in [3.63, 3.8) is 0 Å². The summed E-state index contributed by atoms with van der Waals surface area (Å²) in [5.74, 6) is -0.533. The van der Waals surface area contributed by atoms with E-state index in [4.69, 9.17) is 10.5 Å². The van der Waals surface area contributed by atoms with Crippen LogP contribution >= 0.6 is 11.3 Å². The number of fused-ring (bicyclic) bond motifs is 2. The molecule has 2 heterocycles. The maximum atomic E-state index is 13.4. The number of nitrogens with two attached hydrogens (primary N) is 1. The number of amides is 1. The van der Waals surface area contributed by atoms with Crippen LogP contribution in [0, 0.1) is 0 Å². The van der Waals surface area contributed by atoms with E-state index in [2.05, 4.69) is 0 Å². The fourth-order valence-corrected chi connectivity index (χ4v) is 6.63. The summed E-state index contributed by atoms with van der Waals surface area (Å²) in [6, 6.07) is 20.4. The second-order valence-electron chi connectivity index (χ2n) is 7.44. The lowest BCUT2D eigenvalue weighted by Gasteiger charge is -2.32. The number of carbonyl (C=O) groups excluding carboxylic acids is 1. The van der Waals surface area contributed by atoms with Gasteiger partial charge in [-0.1, -0.05) is 48.5 Å². The summed E-state index contributed by atoms with van der Waals surface area (Å²) in [6.07, 6.45) is -0.567. The second kappa shape index (κ2) is 7.72. The summed E-state index contributed by atoms with van der Waals surface area (Å²) >= 11 is 1.31. The molecule has 6 nitrogen and oxygen atoms in total. The third kappa shape index (κ3) is 3.51. The normalized spacial score (nSPS) is 17.9. The van der Waals surface area contributed by atoms with E-state index in [9.17, 15) is 13.2 Å². The van der Waals surface area contributed by atoms with Gasteiger partial charge in [0.05, 0.1) is 22.5 Å². The molecule has 0 spiro atoms. The molecule has 1 aromatic heterocycles. The lowest BCUT2D eigenvalue weighted by Crippen LogP contribution is -2.42. The van der Waals surface area contributed by atoms with Gasteiger partial charge in [-0.3, -0.25) is 4.79 Å². The van der Waals surface area contributed by atoms with Crippen molar-refractivity contribution in [2.24, 2.45) is 5.73 Å². The number of sulfonamides is 1. The highest BCUT2D eigenvalue weighted by Gasteiger charge is 2.34. The zero-order valence-corrected chi connectivity index (χ0v) is 18.2. The third-order valence-corrected chi connectivity index (χ3v) is 8.63. The Hall–Kier alpha value is -2.78. The molecule has 1 atom stereocenters. The van der Waals surface area contributed by atoms with Gasteiger partial charge in [0.1, 0.15) is 0 Å². The van der Waals surface area contributed by atoms with Crippen LogP contribution in [-0.2, 0) is 14.8 Å². The number of thiophene rings is 1. The monoisotopic (exact) mass is 452 g/mol. The second-order valence-corrected chi connectivity index (χ2v) is 10.4. The summed E-state index contributed by atoms with van der Waals surface area (Å²) < 4.78 is 35.1. The molecule has 0 radical (unpaired) electrons. The molecule has 1 unspecified atom stereocenters. The lowest BCUT2D eigenvalue weighted by molar-refractivity contribution is -0.00188. The van der Waals surface area contributed by atoms with E-state index < -0.39 is 22.0 Å². The Morgan fingerprint density at radius 3 is 2.58 bits per heavy atom. The van der Waals surface area contributed by atoms with Crippen LogP contribution in [0.25, 0.3) is 20.9 Å². The van der Waals surface area contributed by atoms with E-state index in [-0.39, 0.29) is 24.6 Å². The first-order chi connectivity index (χ1) is 14.9. The Morgan fingerprint density at radius 1 is 1.03 bits per heavy atom. The summed E-state index contributed by atoms with van der Waals surface area (Å²) in [5, 5.41) is 2.72. The van der Waals surface area contributed by atoms with E-state index >= 15 is 0 Å². The first-order valence-electron chi connectivity index (χ1n) is 9.87. The zero-order chi connectivity index (χ0) is 21.6. The minimum absolute atomic E-state index is 0.121. The first kappa shape index (κ1) is 20.1. The fourth-order valence-electron chi connectivity index (χ4n) is 4.06. The van der Waals surface area contributed by atoms with Crippen molar-refractivity contribution in [2.45, 2.75) is 11.0 Å². The number of hydrogen-bond donors (Lipinski definition) is 1. The molecule has 31 heavy (non-hydrogen) atoms. The number of benzene rings is 3. The number of rotatable bonds is 4. The van der Waals surface area contributed by atoms with Crippen LogP contribution in [0.4, 0.5) is 0 Å². The molecule has 5 rings (SSSR count). The summed E-state index contributed by atoms with van der Waals surface area (Å²) in [5.41, 5.74) is 6.31. The van der Waals surface area contributed by atoms with Crippen LogP contribution in [0.2, 0.25) is 0 Å². The molecule has 1 fully saturated rings. The van der Waals surface area contributed by atoms with E-state index in [1.165, 1.54) is 15.6 Å². The number of morpholine rings is 1. The summed E-state index contributed by atoms with van der Waals surface area (Å²) in [7, 11) is -3.72. The Balaban J connectivity index is 1.52. The standard InChI is InChI=1S/C23H20N2O4S2/c24-23(26)22-21(18-7-3-4-8-20(18)30-22)19-14-25(11-12-29-19)31(27,28)17-10-9-15-5-1-2-6-16(15)13-17/h1-10,13,19H,11-12,14H2,(H2,24,26). The van der Waals surface area contributed by atoms with Crippen molar-refractivity contribution in [3.8, 4) is 0 Å². The highest BCUT2D eigenvalue weighted by molar-refractivity contribution is 7.89. The number of carbonyl (C=O) groups is 1. The molecule has 3 aromatic carbocycles. The van der Waals surface area contributed by atoms with E-state index in [0.717, 1.165) is 20.9 Å². The van der Waals surface area contributed by atoms with Gasteiger partial charge in [-0.05, 0) is 34.4 Å². The van der Waals surface area contributed by atoms with Crippen LogP contribution in [0.5, 0.6) is 0 Å². The van der Waals surface area contributed by atoms with Gasteiger partial charge in [0, 0.05) is 23.4 Å². The summed E-state index contributed by atoms with van der Waals surface area (Å²) in [4.78, 5) is 12.8. The minimum Gasteiger partial charge on any atom is -0.371 e. The van der Waals surface area contributed by atoms with Crippen molar-refractivity contribution >= 4 is 48.1 Å². The quantitative estimate of drug-likeness (QED) is 0.508. The molecule has 1 saturated heterocycles. The maximum Gasteiger partial charge on any atom is 0.259 e. The molecule has 8 heteroatoms. The molecule has 4 aromatic rings. The molecule has 0 saturated carbocycles. The third-order valence-electron chi connectivity index (χ3n) is 5.57. The van der Waals surface area contributed by atoms with Crippen molar-refractivity contribution < 1.29 is 17.9 Å². The van der Waals surface area contributed by atoms with Gasteiger partial charge in [-0.25, -0.2) is 8.42 Å². The number of hydrogen-bond acceptors (Lipinski definition) is 5. The molecular formula is C23H20N2O4S2. The van der Waals surface area contributed by atoms with E-state index in [1.54, 1.807) is 12.1 Å². The highest BCUT2D eigenvalue weighted by Crippen LogP contribution is 2.38. The Bertz CT molecular complexity index is 1410. The van der Waals surface area contributed by atoms with Gasteiger partial charge >= 0.3 is 0 Å². The van der Waals surface area contributed by atoms with Crippen molar-refractivity contribution in [1.29, 1.82) is 0 Å². The molecule has 1 aliphatic rings. The topological polar surface area (TPSA) is 89.7 Å². The number of nitrogens with zero attached hydrogens (tertiary/aromatic N) is 1. The van der Waals surface area contributed by atoms with Crippen LogP contribution in [-0.4, -0.2) is 38.3 Å². The smallest absolute Gasteiger partial charge is 0.259 e. The molecule has 158 valence electrons. The van der Waals surface area contributed by atoms with Crippen molar-refractivity contribution in [1.82, 2.24) is 4.31 Å². The van der Waals surface area contributed by atoms with Gasteiger partial charge in [-0.2, -0.15) is 4.31 Å². The largest absolute Gasteiger partial charge is 0.371 e.